The monoisotopic (exact) mass is 237 g/mol. The Labute approximate surface area is 101 Å². The van der Waals surface area contributed by atoms with Gasteiger partial charge in [-0.2, -0.15) is 0 Å². The lowest BCUT2D eigenvalue weighted by molar-refractivity contribution is -0.0149. The van der Waals surface area contributed by atoms with Gasteiger partial charge >= 0.3 is 0 Å². The van der Waals surface area contributed by atoms with Crippen LogP contribution in [0.2, 0.25) is 0 Å². The van der Waals surface area contributed by atoms with Gasteiger partial charge in [0, 0.05) is 12.1 Å². The lowest BCUT2D eigenvalue weighted by Gasteiger charge is -2.15. The minimum absolute atomic E-state index is 0.147. The average molecular weight is 237 g/mol. The molecular formula is C13H19NO3. The molecule has 2 rings (SSSR count). The molecule has 0 amide bonds. The van der Waals surface area contributed by atoms with Gasteiger partial charge in [-0.05, 0) is 37.1 Å². The zero-order valence-corrected chi connectivity index (χ0v) is 10.2. The van der Waals surface area contributed by atoms with Crippen molar-refractivity contribution in [3.63, 3.8) is 0 Å². The Morgan fingerprint density at radius 2 is 2.12 bits per heavy atom. The molecule has 0 bridgehead atoms. The van der Waals surface area contributed by atoms with Gasteiger partial charge in [0.05, 0.1) is 12.7 Å². The van der Waals surface area contributed by atoms with E-state index in [4.69, 9.17) is 9.84 Å². The summed E-state index contributed by atoms with van der Waals surface area (Å²) in [4.78, 5) is 0. The predicted molar refractivity (Wildman–Crippen MR) is 65.9 cm³/mol. The molecule has 0 aliphatic carbocycles. The van der Waals surface area contributed by atoms with Crippen LogP contribution in [0.15, 0.2) is 18.2 Å². The molecule has 0 saturated carbocycles. The second-order valence-electron chi connectivity index (χ2n) is 4.59. The van der Waals surface area contributed by atoms with Crippen LogP contribution in [-0.2, 0) is 4.74 Å². The van der Waals surface area contributed by atoms with Gasteiger partial charge in [0.15, 0.2) is 0 Å². The number of rotatable bonds is 3. The summed E-state index contributed by atoms with van der Waals surface area (Å²) in [5, 5.41) is 21.8. The highest BCUT2D eigenvalue weighted by molar-refractivity contribution is 5.48. The summed E-state index contributed by atoms with van der Waals surface area (Å²) in [7, 11) is 0. The van der Waals surface area contributed by atoms with E-state index in [0.717, 1.165) is 5.69 Å². The number of ether oxygens (including phenoxy) is 1. The van der Waals surface area contributed by atoms with E-state index in [1.165, 1.54) is 11.1 Å². The maximum absolute atomic E-state index is 9.61. The minimum atomic E-state index is -0.593. The number of hydrogen-bond donors (Lipinski definition) is 3. The molecule has 1 saturated heterocycles. The van der Waals surface area contributed by atoms with E-state index < -0.39 is 12.2 Å². The molecule has 17 heavy (non-hydrogen) atoms. The van der Waals surface area contributed by atoms with Crippen LogP contribution in [0, 0.1) is 13.8 Å². The van der Waals surface area contributed by atoms with Gasteiger partial charge in [0.2, 0.25) is 0 Å². The summed E-state index contributed by atoms with van der Waals surface area (Å²) in [5.74, 6) is 0. The van der Waals surface area contributed by atoms with Crippen molar-refractivity contribution < 1.29 is 14.9 Å². The third-order valence-corrected chi connectivity index (χ3v) is 3.24. The first-order valence-electron chi connectivity index (χ1n) is 5.88. The predicted octanol–water partition coefficient (Wildman–Crippen LogP) is 1.18. The van der Waals surface area contributed by atoms with Gasteiger partial charge in [0.1, 0.15) is 12.3 Å². The molecule has 1 heterocycles. The van der Waals surface area contributed by atoms with Crippen LogP contribution >= 0.6 is 0 Å². The number of nitrogens with one attached hydrogen (secondary N) is 1. The molecule has 1 aromatic rings. The topological polar surface area (TPSA) is 61.7 Å². The first-order valence-corrected chi connectivity index (χ1v) is 5.88. The van der Waals surface area contributed by atoms with Crippen molar-refractivity contribution >= 4 is 5.69 Å². The Hall–Kier alpha value is -1.10. The molecule has 3 atom stereocenters. The smallest absolute Gasteiger partial charge is 0.130 e. The van der Waals surface area contributed by atoms with Crippen molar-refractivity contribution in [1.82, 2.24) is 0 Å². The van der Waals surface area contributed by atoms with Crippen molar-refractivity contribution in [2.75, 3.05) is 11.9 Å². The van der Waals surface area contributed by atoms with Crippen LogP contribution in [0.25, 0.3) is 0 Å². The van der Waals surface area contributed by atoms with Crippen LogP contribution in [0.5, 0.6) is 0 Å². The molecule has 1 fully saturated rings. The lowest BCUT2D eigenvalue weighted by Crippen LogP contribution is -2.25. The number of aliphatic hydroxyl groups excluding tert-OH is 2. The summed E-state index contributed by atoms with van der Waals surface area (Å²) in [5.41, 5.74) is 3.44. The van der Waals surface area contributed by atoms with Crippen molar-refractivity contribution in [1.29, 1.82) is 0 Å². The van der Waals surface area contributed by atoms with Gasteiger partial charge in [-0.15, -0.1) is 0 Å². The molecule has 3 N–H and O–H groups in total. The van der Waals surface area contributed by atoms with E-state index in [-0.39, 0.29) is 12.8 Å². The Bertz CT molecular complexity index is 394. The second kappa shape index (κ2) is 5.04. The van der Waals surface area contributed by atoms with Crippen molar-refractivity contribution in [2.24, 2.45) is 0 Å². The van der Waals surface area contributed by atoms with Gasteiger partial charge in [0.25, 0.3) is 0 Å². The molecule has 0 radical (unpaired) electrons. The number of hydrogen-bond acceptors (Lipinski definition) is 4. The highest BCUT2D eigenvalue weighted by Gasteiger charge is 2.33. The fourth-order valence-corrected chi connectivity index (χ4v) is 2.00. The van der Waals surface area contributed by atoms with E-state index in [9.17, 15) is 5.11 Å². The third-order valence-electron chi connectivity index (χ3n) is 3.24. The molecule has 1 aromatic carbocycles. The molecule has 1 aliphatic rings. The van der Waals surface area contributed by atoms with E-state index in [0.29, 0.717) is 6.42 Å². The van der Waals surface area contributed by atoms with Crippen molar-refractivity contribution in [3.8, 4) is 0 Å². The van der Waals surface area contributed by atoms with Gasteiger partial charge in [-0.25, -0.2) is 0 Å². The highest BCUT2D eigenvalue weighted by Crippen LogP contribution is 2.23. The maximum Gasteiger partial charge on any atom is 0.130 e. The number of benzene rings is 1. The number of anilines is 1. The molecule has 0 spiro atoms. The van der Waals surface area contributed by atoms with Gasteiger partial charge < -0.3 is 20.3 Å². The number of aryl methyl sites for hydroxylation is 2. The van der Waals surface area contributed by atoms with Crippen molar-refractivity contribution in [2.45, 2.75) is 38.7 Å². The van der Waals surface area contributed by atoms with Crippen LogP contribution in [0.3, 0.4) is 0 Å². The Morgan fingerprint density at radius 3 is 2.71 bits per heavy atom. The lowest BCUT2D eigenvalue weighted by atomic mass is 10.1. The van der Waals surface area contributed by atoms with E-state index in [2.05, 4.69) is 25.2 Å². The fraction of sp³-hybridized carbons (Fsp3) is 0.538. The van der Waals surface area contributed by atoms with Crippen molar-refractivity contribution in [3.05, 3.63) is 29.3 Å². The van der Waals surface area contributed by atoms with E-state index >= 15 is 0 Å². The molecule has 0 unspecified atom stereocenters. The van der Waals surface area contributed by atoms with Crippen LogP contribution in [0.4, 0.5) is 5.69 Å². The van der Waals surface area contributed by atoms with Crippen LogP contribution in [0.1, 0.15) is 17.5 Å². The molecular weight excluding hydrogens is 218 g/mol. The Balaban J connectivity index is 2.00. The van der Waals surface area contributed by atoms with Crippen LogP contribution in [-0.4, -0.2) is 35.3 Å². The average Bonchev–Trinajstić information content (AvgIpc) is 2.64. The summed E-state index contributed by atoms with van der Waals surface area (Å²) in [6.07, 6.45) is -0.801. The summed E-state index contributed by atoms with van der Waals surface area (Å²) in [6.45, 7) is 3.98. The first-order chi connectivity index (χ1) is 8.10. The van der Waals surface area contributed by atoms with Crippen LogP contribution < -0.4 is 5.32 Å². The zero-order chi connectivity index (χ0) is 12.4. The first kappa shape index (κ1) is 12.4. The normalized spacial score (nSPS) is 28.4. The van der Waals surface area contributed by atoms with E-state index in [1.54, 1.807) is 0 Å². The largest absolute Gasteiger partial charge is 0.394 e. The van der Waals surface area contributed by atoms with Gasteiger partial charge in [-0.3, -0.25) is 0 Å². The Kier molecular flexibility index (Phi) is 3.66. The Morgan fingerprint density at radius 1 is 1.35 bits per heavy atom. The molecule has 4 nitrogen and oxygen atoms in total. The highest BCUT2D eigenvalue weighted by atomic mass is 16.5. The number of aliphatic hydroxyl groups is 2. The van der Waals surface area contributed by atoms with E-state index in [1.807, 2.05) is 12.1 Å². The third kappa shape index (κ3) is 2.77. The molecule has 0 aromatic heterocycles. The summed E-state index contributed by atoms with van der Waals surface area (Å²) in [6, 6.07) is 6.09. The molecule has 4 heteroatoms. The fourth-order valence-electron chi connectivity index (χ4n) is 2.00. The minimum Gasteiger partial charge on any atom is -0.394 e. The second-order valence-corrected chi connectivity index (χ2v) is 4.59. The standard InChI is InChI=1S/C13H19NO3/c1-8-3-4-10(5-9(8)2)14-13-6-11(16)12(7-15)17-13/h3-5,11-16H,6-7H2,1-2H3/t11-,12+,13+/m1/s1. The quantitative estimate of drug-likeness (QED) is 0.739. The SMILES string of the molecule is Cc1ccc(N[C@@H]2C[C@@H](O)[C@H](CO)O2)cc1C. The zero-order valence-electron chi connectivity index (χ0n) is 10.2. The summed E-state index contributed by atoms with van der Waals surface area (Å²) >= 11 is 0. The molecule has 1 aliphatic heterocycles. The van der Waals surface area contributed by atoms with Gasteiger partial charge in [-0.1, -0.05) is 6.07 Å². The summed E-state index contributed by atoms with van der Waals surface area (Å²) < 4.78 is 5.49. The molecule has 94 valence electrons. The maximum atomic E-state index is 9.61.